The Hall–Kier alpha value is -0.900. The molecule has 0 heterocycles. The summed E-state index contributed by atoms with van der Waals surface area (Å²) in [5.41, 5.74) is 5.35. The van der Waals surface area contributed by atoms with Crippen LogP contribution < -0.4 is 5.73 Å². The van der Waals surface area contributed by atoms with Crippen molar-refractivity contribution in [3.05, 3.63) is 0 Å². The minimum atomic E-state index is -0.283. The lowest BCUT2D eigenvalue weighted by Crippen LogP contribution is -2.37. The summed E-state index contributed by atoms with van der Waals surface area (Å²) in [6, 6.07) is -0.283. The van der Waals surface area contributed by atoms with Crippen LogP contribution in [0.15, 0.2) is 0 Å². The molecule has 0 aliphatic heterocycles. The number of nitrogens with zero attached hydrogens (tertiary/aromatic N) is 1. The van der Waals surface area contributed by atoms with Crippen molar-refractivity contribution in [3.63, 3.8) is 0 Å². The maximum Gasteiger partial charge on any atom is 0.222 e. The van der Waals surface area contributed by atoms with Crippen molar-refractivity contribution in [3.8, 4) is 0 Å². The molecular weight excluding hydrogens is 180 g/mol. The maximum absolute atomic E-state index is 11.3. The van der Waals surface area contributed by atoms with Crippen LogP contribution in [0.4, 0.5) is 0 Å². The van der Waals surface area contributed by atoms with Crippen molar-refractivity contribution in [1.82, 2.24) is 4.90 Å². The summed E-state index contributed by atoms with van der Waals surface area (Å²) in [6.45, 7) is 2.43. The van der Waals surface area contributed by atoms with E-state index in [1.165, 1.54) is 4.90 Å². The summed E-state index contributed by atoms with van der Waals surface area (Å²) >= 11 is 0. The van der Waals surface area contributed by atoms with Gasteiger partial charge in [0.1, 0.15) is 6.29 Å². The Labute approximate surface area is 85.4 Å². The minimum Gasteiger partial charge on any atom is -0.336 e. The summed E-state index contributed by atoms with van der Waals surface area (Å²) in [4.78, 5) is 23.5. The molecule has 0 rings (SSSR count). The Kier molecular flexibility index (Phi) is 7.02. The van der Waals surface area contributed by atoms with Gasteiger partial charge >= 0.3 is 0 Å². The van der Waals surface area contributed by atoms with E-state index in [-0.39, 0.29) is 11.9 Å². The highest BCUT2D eigenvalue weighted by molar-refractivity contribution is 5.79. The Morgan fingerprint density at radius 3 is 2.57 bits per heavy atom. The monoisotopic (exact) mass is 200 g/mol. The molecule has 0 aromatic rings. The number of amides is 1. The van der Waals surface area contributed by atoms with Crippen LogP contribution in [-0.4, -0.2) is 36.7 Å². The first kappa shape index (κ1) is 13.1. The molecule has 0 saturated heterocycles. The lowest BCUT2D eigenvalue weighted by Gasteiger charge is -2.23. The van der Waals surface area contributed by atoms with E-state index in [0.29, 0.717) is 19.4 Å². The van der Waals surface area contributed by atoms with Crippen LogP contribution in [0.5, 0.6) is 0 Å². The average molecular weight is 200 g/mol. The molecule has 0 radical (unpaired) electrons. The fourth-order valence-electron chi connectivity index (χ4n) is 1.29. The van der Waals surface area contributed by atoms with E-state index < -0.39 is 0 Å². The molecule has 0 aliphatic carbocycles. The first-order chi connectivity index (χ1) is 6.67. The molecule has 1 amide bonds. The van der Waals surface area contributed by atoms with E-state index in [4.69, 9.17) is 5.73 Å². The van der Waals surface area contributed by atoms with Crippen LogP contribution in [0.25, 0.3) is 0 Å². The third-order valence-corrected chi connectivity index (χ3v) is 2.30. The van der Waals surface area contributed by atoms with Crippen molar-refractivity contribution >= 4 is 12.2 Å². The molecule has 14 heavy (non-hydrogen) atoms. The number of hydrogen-bond acceptors (Lipinski definition) is 3. The number of aldehydes is 1. The first-order valence-electron chi connectivity index (χ1n) is 5.08. The maximum atomic E-state index is 11.3. The van der Waals surface area contributed by atoms with Gasteiger partial charge in [-0.05, 0) is 25.8 Å². The Morgan fingerprint density at radius 2 is 2.14 bits per heavy atom. The van der Waals surface area contributed by atoms with Gasteiger partial charge in [-0.3, -0.25) is 4.79 Å². The molecule has 0 spiro atoms. The van der Waals surface area contributed by atoms with Crippen molar-refractivity contribution in [2.45, 2.75) is 38.6 Å². The minimum absolute atomic E-state index is 0.00912. The predicted molar refractivity (Wildman–Crippen MR) is 55.8 cm³/mol. The lowest BCUT2D eigenvalue weighted by molar-refractivity contribution is -0.134. The molecule has 0 saturated carbocycles. The molecular formula is C10H20N2O2. The van der Waals surface area contributed by atoms with E-state index in [2.05, 4.69) is 0 Å². The molecule has 0 bridgehead atoms. The average Bonchev–Trinajstić information content (AvgIpc) is 2.22. The highest BCUT2D eigenvalue weighted by Gasteiger charge is 2.16. The summed E-state index contributed by atoms with van der Waals surface area (Å²) < 4.78 is 0. The van der Waals surface area contributed by atoms with Gasteiger partial charge in [-0.2, -0.15) is 0 Å². The Balaban J connectivity index is 3.98. The fourth-order valence-corrected chi connectivity index (χ4v) is 1.29. The zero-order valence-electron chi connectivity index (χ0n) is 9.03. The molecule has 0 aromatic heterocycles. The van der Waals surface area contributed by atoms with E-state index in [1.807, 2.05) is 0 Å². The molecule has 0 fully saturated rings. The van der Waals surface area contributed by atoms with Gasteiger partial charge in [0, 0.05) is 13.5 Å². The van der Waals surface area contributed by atoms with Crippen LogP contribution in [0.3, 0.4) is 0 Å². The summed E-state index contributed by atoms with van der Waals surface area (Å²) in [5, 5.41) is 0. The summed E-state index contributed by atoms with van der Waals surface area (Å²) in [6.07, 6.45) is 3.78. The number of carbonyl (C=O) groups excluding carboxylic acids is 2. The van der Waals surface area contributed by atoms with Gasteiger partial charge in [-0.25, -0.2) is 0 Å². The molecule has 1 atom stereocenters. The van der Waals surface area contributed by atoms with E-state index >= 15 is 0 Å². The molecule has 2 N–H and O–H groups in total. The van der Waals surface area contributed by atoms with E-state index in [0.717, 1.165) is 19.1 Å². The summed E-state index contributed by atoms with van der Waals surface area (Å²) in [5.74, 6) is 0.00912. The Bertz CT molecular complexity index is 183. The Morgan fingerprint density at radius 1 is 1.50 bits per heavy atom. The molecule has 4 nitrogen and oxygen atoms in total. The number of nitrogens with two attached hydrogens (primary N) is 1. The third-order valence-electron chi connectivity index (χ3n) is 2.30. The SMILES string of the molecule is CCC(=O)N(C)[C@H](C=O)CCCCN. The quantitative estimate of drug-likeness (QED) is 0.482. The summed E-state index contributed by atoms with van der Waals surface area (Å²) in [7, 11) is 1.67. The second-order valence-electron chi connectivity index (χ2n) is 3.35. The van der Waals surface area contributed by atoms with Crippen molar-refractivity contribution in [2.75, 3.05) is 13.6 Å². The van der Waals surface area contributed by atoms with E-state index in [1.54, 1.807) is 14.0 Å². The van der Waals surface area contributed by atoms with Crippen LogP contribution in [-0.2, 0) is 9.59 Å². The normalized spacial score (nSPS) is 12.2. The standard InChI is InChI=1S/C10H20N2O2/c1-3-10(14)12(2)9(8-13)6-4-5-7-11/h8-9H,3-7,11H2,1-2H3/t9-/m0/s1. The molecule has 82 valence electrons. The van der Waals surface area contributed by atoms with Crippen LogP contribution in [0.1, 0.15) is 32.6 Å². The van der Waals surface area contributed by atoms with Crippen LogP contribution >= 0.6 is 0 Å². The number of rotatable bonds is 7. The van der Waals surface area contributed by atoms with Crippen molar-refractivity contribution in [1.29, 1.82) is 0 Å². The molecule has 4 heteroatoms. The first-order valence-corrected chi connectivity index (χ1v) is 5.08. The predicted octanol–water partition coefficient (Wildman–Crippen LogP) is 0.551. The largest absolute Gasteiger partial charge is 0.336 e. The second-order valence-corrected chi connectivity index (χ2v) is 3.35. The van der Waals surface area contributed by atoms with Gasteiger partial charge in [-0.15, -0.1) is 0 Å². The van der Waals surface area contributed by atoms with Crippen molar-refractivity contribution < 1.29 is 9.59 Å². The molecule has 0 aromatic carbocycles. The number of unbranched alkanes of at least 4 members (excludes halogenated alkanes) is 1. The number of hydrogen-bond donors (Lipinski definition) is 1. The fraction of sp³-hybridized carbons (Fsp3) is 0.800. The van der Waals surface area contributed by atoms with Gasteiger partial charge in [0.05, 0.1) is 6.04 Å². The second kappa shape index (κ2) is 7.50. The van der Waals surface area contributed by atoms with Crippen LogP contribution in [0.2, 0.25) is 0 Å². The van der Waals surface area contributed by atoms with Crippen molar-refractivity contribution in [2.24, 2.45) is 5.73 Å². The highest BCUT2D eigenvalue weighted by atomic mass is 16.2. The number of likely N-dealkylation sites (N-methyl/N-ethyl adjacent to an activating group) is 1. The van der Waals surface area contributed by atoms with E-state index in [9.17, 15) is 9.59 Å². The topological polar surface area (TPSA) is 63.4 Å². The van der Waals surface area contributed by atoms with Gasteiger partial charge < -0.3 is 15.4 Å². The molecule has 0 aliphatic rings. The highest BCUT2D eigenvalue weighted by Crippen LogP contribution is 2.06. The zero-order chi connectivity index (χ0) is 11.0. The van der Waals surface area contributed by atoms with Crippen LogP contribution in [0, 0.1) is 0 Å². The third kappa shape index (κ3) is 4.37. The van der Waals surface area contributed by atoms with Gasteiger partial charge in [0.15, 0.2) is 0 Å². The molecule has 0 unspecified atom stereocenters. The van der Waals surface area contributed by atoms with Gasteiger partial charge in [-0.1, -0.05) is 6.92 Å². The zero-order valence-corrected chi connectivity index (χ0v) is 9.03. The lowest BCUT2D eigenvalue weighted by atomic mass is 10.1. The number of carbonyl (C=O) groups is 2. The van der Waals surface area contributed by atoms with Gasteiger partial charge in [0.2, 0.25) is 5.91 Å². The smallest absolute Gasteiger partial charge is 0.222 e. The van der Waals surface area contributed by atoms with Gasteiger partial charge in [0.25, 0.3) is 0 Å².